The van der Waals surface area contributed by atoms with E-state index in [1.54, 1.807) is 31.2 Å². The lowest BCUT2D eigenvalue weighted by molar-refractivity contribution is -0.159. The summed E-state index contributed by atoms with van der Waals surface area (Å²) in [6.45, 7) is 2.45. The van der Waals surface area contributed by atoms with Crippen molar-refractivity contribution in [3.63, 3.8) is 0 Å². The van der Waals surface area contributed by atoms with E-state index in [9.17, 15) is 26.7 Å². The fraction of sp³-hybridized carbons (Fsp3) is 0.346. The van der Waals surface area contributed by atoms with Gasteiger partial charge in [0.1, 0.15) is 11.7 Å². The zero-order valence-corrected chi connectivity index (χ0v) is 19.7. The molecule has 1 N–H and O–H groups in total. The summed E-state index contributed by atoms with van der Waals surface area (Å²) in [5, 5.41) is 6.64. The van der Waals surface area contributed by atoms with E-state index >= 15 is 0 Å². The highest BCUT2D eigenvalue weighted by atomic mass is 19.4. The summed E-state index contributed by atoms with van der Waals surface area (Å²) < 4.78 is 68.8. The van der Waals surface area contributed by atoms with Crippen LogP contribution in [0.2, 0.25) is 0 Å². The number of carbonyl (C=O) groups is 1. The highest BCUT2D eigenvalue weighted by Crippen LogP contribution is 2.38. The molecule has 1 saturated heterocycles. The van der Waals surface area contributed by atoms with E-state index in [1.165, 1.54) is 28.0 Å². The van der Waals surface area contributed by atoms with Gasteiger partial charge in [0.15, 0.2) is 5.82 Å². The Bertz CT molecular complexity index is 1420. The molecule has 2 aliphatic rings. The van der Waals surface area contributed by atoms with Crippen LogP contribution in [0.1, 0.15) is 52.0 Å². The highest BCUT2D eigenvalue weighted by molar-refractivity contribution is 6.04. The number of aryl methyl sites for hydroxylation is 2. The van der Waals surface area contributed by atoms with E-state index in [2.05, 4.69) is 27.2 Å². The summed E-state index contributed by atoms with van der Waals surface area (Å²) in [5.74, 6) is 2.38. The molecule has 0 spiro atoms. The third kappa shape index (κ3) is 5.01. The van der Waals surface area contributed by atoms with Crippen LogP contribution in [0.15, 0.2) is 42.7 Å². The van der Waals surface area contributed by atoms with Crippen molar-refractivity contribution in [2.24, 2.45) is 0 Å². The Hall–Kier alpha value is -3.94. The normalized spacial score (nSPS) is 18.3. The van der Waals surface area contributed by atoms with Crippen molar-refractivity contribution >= 4 is 17.4 Å². The lowest BCUT2D eigenvalue weighted by Gasteiger charge is -2.43. The van der Waals surface area contributed by atoms with Crippen molar-refractivity contribution in [1.82, 2.24) is 14.8 Å². The quantitative estimate of drug-likeness (QED) is 0.382. The molecule has 4 heterocycles. The highest BCUT2D eigenvalue weighted by Gasteiger charge is 2.48. The number of rotatable bonds is 3. The Balaban J connectivity index is 1.33. The van der Waals surface area contributed by atoms with Crippen molar-refractivity contribution in [1.29, 1.82) is 0 Å². The summed E-state index contributed by atoms with van der Waals surface area (Å²) in [5.41, 5.74) is 2.13. The van der Waals surface area contributed by atoms with Crippen molar-refractivity contribution in [3.05, 3.63) is 70.7 Å². The van der Waals surface area contributed by atoms with Gasteiger partial charge in [-0.3, -0.25) is 14.5 Å². The summed E-state index contributed by atoms with van der Waals surface area (Å²) in [4.78, 5) is 18.1. The molecule has 2 aliphatic heterocycles. The van der Waals surface area contributed by atoms with E-state index in [1.807, 2.05) is 0 Å². The first-order valence-electron chi connectivity index (χ1n) is 11.7. The first-order chi connectivity index (χ1) is 17.5. The third-order valence-electron chi connectivity index (χ3n) is 6.55. The zero-order valence-electron chi connectivity index (χ0n) is 19.7. The van der Waals surface area contributed by atoms with Crippen LogP contribution < -0.4 is 10.2 Å². The molecule has 0 saturated carbocycles. The van der Waals surface area contributed by atoms with Gasteiger partial charge in [0.05, 0.1) is 11.9 Å². The monoisotopic (exact) mass is 515 g/mol. The number of nitrogens with zero attached hydrogens (tertiary/aromatic N) is 4. The van der Waals surface area contributed by atoms with Gasteiger partial charge in [-0.1, -0.05) is 17.9 Å². The minimum absolute atomic E-state index is 0.0391. The van der Waals surface area contributed by atoms with Gasteiger partial charge in [0, 0.05) is 48.5 Å². The number of hydrogen-bond acceptors (Lipinski definition) is 4. The molecule has 11 heteroatoms. The largest absolute Gasteiger partial charge is 0.408 e. The third-order valence-corrected chi connectivity index (χ3v) is 6.55. The molecule has 5 rings (SSSR count). The standard InChI is InChI=1S/C26H22F5N5O/c1-16-3-5-19(24(37)33-23-13-22-25(27,28)8-2-9-36(22)34-23)12-18(16)6-4-17-11-20(15-32-14-17)35-10-7-21(35)26(29,30)31/h3,5,11-15,21H,2,7-10H2,1H3,(H,33,34,37). The van der Waals surface area contributed by atoms with Gasteiger partial charge in [-0.25, -0.2) is 0 Å². The number of carbonyl (C=O) groups excluding carboxylic acids is 1. The van der Waals surface area contributed by atoms with Crippen LogP contribution in [0.5, 0.6) is 0 Å². The molecular formula is C26H22F5N5O. The number of alkyl halides is 5. The van der Waals surface area contributed by atoms with Crippen LogP contribution >= 0.6 is 0 Å². The minimum Gasteiger partial charge on any atom is -0.358 e. The zero-order chi connectivity index (χ0) is 26.4. The molecule has 1 fully saturated rings. The molecule has 2 aromatic heterocycles. The number of benzene rings is 1. The topological polar surface area (TPSA) is 63.1 Å². The van der Waals surface area contributed by atoms with Gasteiger partial charge in [-0.05, 0) is 43.5 Å². The van der Waals surface area contributed by atoms with Crippen molar-refractivity contribution in [2.75, 3.05) is 16.8 Å². The second kappa shape index (κ2) is 9.18. The van der Waals surface area contributed by atoms with E-state index in [4.69, 9.17) is 0 Å². The summed E-state index contributed by atoms with van der Waals surface area (Å²) in [6.07, 6.45) is -1.39. The van der Waals surface area contributed by atoms with Crippen LogP contribution in [0.25, 0.3) is 0 Å². The van der Waals surface area contributed by atoms with Gasteiger partial charge in [0.25, 0.3) is 11.8 Å². The van der Waals surface area contributed by atoms with E-state index in [0.717, 1.165) is 5.56 Å². The lowest BCUT2D eigenvalue weighted by atomic mass is 10.0. The number of pyridine rings is 1. The average molecular weight is 515 g/mol. The second-order valence-electron chi connectivity index (χ2n) is 9.15. The van der Waals surface area contributed by atoms with Crippen LogP contribution in [0.3, 0.4) is 0 Å². The van der Waals surface area contributed by atoms with Crippen LogP contribution in [0, 0.1) is 18.8 Å². The number of halogens is 5. The first-order valence-corrected chi connectivity index (χ1v) is 11.7. The predicted molar refractivity (Wildman–Crippen MR) is 127 cm³/mol. The van der Waals surface area contributed by atoms with Crippen molar-refractivity contribution in [3.8, 4) is 11.8 Å². The second-order valence-corrected chi connectivity index (χ2v) is 9.15. The molecule has 1 aromatic carbocycles. The molecule has 0 radical (unpaired) electrons. The number of anilines is 2. The van der Waals surface area contributed by atoms with E-state index in [0.29, 0.717) is 29.8 Å². The van der Waals surface area contributed by atoms with Crippen LogP contribution in [-0.2, 0) is 12.5 Å². The fourth-order valence-corrected chi connectivity index (χ4v) is 4.44. The molecular weight excluding hydrogens is 493 g/mol. The molecule has 6 nitrogen and oxygen atoms in total. The van der Waals surface area contributed by atoms with Crippen LogP contribution in [-0.4, -0.2) is 39.4 Å². The van der Waals surface area contributed by atoms with Crippen molar-refractivity contribution in [2.45, 2.75) is 50.9 Å². The lowest BCUT2D eigenvalue weighted by Crippen LogP contribution is -2.56. The smallest absolute Gasteiger partial charge is 0.358 e. The fourth-order valence-electron chi connectivity index (χ4n) is 4.44. The number of hydrogen-bond donors (Lipinski definition) is 1. The maximum atomic E-state index is 14.1. The molecule has 0 aliphatic carbocycles. The van der Waals surface area contributed by atoms with Gasteiger partial charge in [-0.2, -0.15) is 27.1 Å². The maximum Gasteiger partial charge on any atom is 0.408 e. The van der Waals surface area contributed by atoms with E-state index in [-0.39, 0.29) is 36.5 Å². The van der Waals surface area contributed by atoms with Crippen molar-refractivity contribution < 1.29 is 26.7 Å². The molecule has 3 aromatic rings. The minimum atomic E-state index is -4.31. The van der Waals surface area contributed by atoms with Gasteiger partial charge in [-0.15, -0.1) is 0 Å². The molecule has 1 atom stereocenters. The molecule has 192 valence electrons. The Morgan fingerprint density at radius 1 is 1.14 bits per heavy atom. The van der Waals surface area contributed by atoms with Gasteiger partial charge >= 0.3 is 6.18 Å². The summed E-state index contributed by atoms with van der Waals surface area (Å²) >= 11 is 0. The molecule has 37 heavy (non-hydrogen) atoms. The Morgan fingerprint density at radius 3 is 2.65 bits per heavy atom. The van der Waals surface area contributed by atoms with Gasteiger partial charge < -0.3 is 10.2 Å². The first kappa shape index (κ1) is 24.7. The SMILES string of the molecule is Cc1ccc(C(=O)Nc2cc3n(n2)CCCC3(F)F)cc1C#Cc1cncc(N2CCC2C(F)(F)F)c1. The Morgan fingerprint density at radius 2 is 1.95 bits per heavy atom. The Labute approximate surface area is 209 Å². The maximum absolute atomic E-state index is 14.1. The number of nitrogens with one attached hydrogen (secondary N) is 1. The molecule has 1 amide bonds. The average Bonchev–Trinajstić information content (AvgIpc) is 3.21. The molecule has 0 bridgehead atoms. The van der Waals surface area contributed by atoms with Crippen LogP contribution in [0.4, 0.5) is 33.5 Å². The van der Waals surface area contributed by atoms with E-state index < -0.39 is 24.0 Å². The number of aromatic nitrogens is 3. The Kier molecular flexibility index (Phi) is 6.14. The predicted octanol–water partition coefficient (Wildman–Crippen LogP) is 5.27. The summed E-state index contributed by atoms with van der Waals surface area (Å²) in [7, 11) is 0. The number of amides is 1. The molecule has 1 unspecified atom stereocenters. The summed E-state index contributed by atoms with van der Waals surface area (Å²) in [6, 6.07) is 6.07. The van der Waals surface area contributed by atoms with Gasteiger partial charge in [0.2, 0.25) is 0 Å². The number of fused-ring (bicyclic) bond motifs is 1.